The second-order valence-electron chi connectivity index (χ2n) is 6.19. The molecular weight excluding hydrogens is 236 g/mol. The highest BCUT2D eigenvalue weighted by molar-refractivity contribution is 4.92. The van der Waals surface area contributed by atoms with Crippen molar-refractivity contribution in [3.63, 3.8) is 0 Å². The van der Waals surface area contributed by atoms with Gasteiger partial charge in [0.15, 0.2) is 0 Å². The minimum atomic E-state index is 0.487. The molecule has 3 heteroatoms. The average molecular weight is 268 g/mol. The summed E-state index contributed by atoms with van der Waals surface area (Å²) >= 11 is 0. The van der Waals surface area contributed by atoms with E-state index in [4.69, 9.17) is 4.74 Å². The molecule has 1 saturated carbocycles. The predicted molar refractivity (Wildman–Crippen MR) is 80.6 cm³/mol. The summed E-state index contributed by atoms with van der Waals surface area (Å²) < 4.78 is 5.98. The van der Waals surface area contributed by atoms with E-state index in [1.54, 1.807) is 0 Å². The van der Waals surface area contributed by atoms with Gasteiger partial charge in [-0.15, -0.1) is 0 Å². The minimum absolute atomic E-state index is 0.487. The summed E-state index contributed by atoms with van der Waals surface area (Å²) in [5.74, 6) is 0. The zero-order chi connectivity index (χ0) is 13.5. The summed E-state index contributed by atoms with van der Waals surface area (Å²) in [6, 6.07) is 1.49. The maximum Gasteiger partial charge on any atom is 0.0702 e. The lowest BCUT2D eigenvalue weighted by molar-refractivity contribution is -0.0148. The second-order valence-corrected chi connectivity index (χ2v) is 6.19. The molecule has 1 aliphatic heterocycles. The Hall–Kier alpha value is -0.120. The van der Waals surface area contributed by atoms with Gasteiger partial charge in [0.2, 0.25) is 0 Å². The number of hydrogen-bond donors (Lipinski definition) is 1. The largest absolute Gasteiger partial charge is 0.377 e. The summed E-state index contributed by atoms with van der Waals surface area (Å²) in [6.45, 7) is 9.00. The van der Waals surface area contributed by atoms with Gasteiger partial charge in [0.1, 0.15) is 0 Å². The number of hydrogen-bond acceptors (Lipinski definition) is 3. The minimum Gasteiger partial charge on any atom is -0.377 e. The van der Waals surface area contributed by atoms with E-state index in [-0.39, 0.29) is 0 Å². The molecule has 1 N–H and O–H groups in total. The van der Waals surface area contributed by atoms with E-state index in [1.165, 1.54) is 51.6 Å². The van der Waals surface area contributed by atoms with Crippen molar-refractivity contribution in [2.45, 2.75) is 77.0 Å². The maximum absolute atomic E-state index is 5.98. The van der Waals surface area contributed by atoms with Crippen molar-refractivity contribution in [3.8, 4) is 0 Å². The molecule has 3 unspecified atom stereocenters. The highest BCUT2D eigenvalue weighted by atomic mass is 16.5. The van der Waals surface area contributed by atoms with E-state index in [2.05, 4.69) is 24.1 Å². The lowest BCUT2D eigenvalue weighted by Crippen LogP contribution is -2.52. The Labute approximate surface area is 119 Å². The van der Waals surface area contributed by atoms with E-state index >= 15 is 0 Å². The lowest BCUT2D eigenvalue weighted by atomic mass is 10.0. The molecule has 0 spiro atoms. The van der Waals surface area contributed by atoms with Crippen LogP contribution in [0.2, 0.25) is 0 Å². The van der Waals surface area contributed by atoms with Crippen LogP contribution >= 0.6 is 0 Å². The first-order chi connectivity index (χ1) is 9.35. The second kappa shape index (κ2) is 8.23. The van der Waals surface area contributed by atoms with Gasteiger partial charge in [-0.1, -0.05) is 20.3 Å². The van der Waals surface area contributed by atoms with Crippen molar-refractivity contribution < 1.29 is 4.74 Å². The standard InChI is InChI=1S/C16H32N2O/c1-3-10-17-15-8-5-9-16(15)18-11-6-7-14(13-18)19-12-4-2/h14-17H,3-13H2,1-2H3. The molecule has 1 saturated heterocycles. The quantitative estimate of drug-likeness (QED) is 0.768. The molecule has 1 heterocycles. The average Bonchev–Trinajstić information content (AvgIpc) is 2.91. The summed E-state index contributed by atoms with van der Waals surface area (Å²) in [7, 11) is 0. The maximum atomic E-state index is 5.98. The van der Waals surface area contributed by atoms with Gasteiger partial charge in [0.25, 0.3) is 0 Å². The molecule has 19 heavy (non-hydrogen) atoms. The van der Waals surface area contributed by atoms with Crippen LogP contribution in [0.15, 0.2) is 0 Å². The fourth-order valence-electron chi connectivity index (χ4n) is 3.63. The molecule has 0 radical (unpaired) electrons. The van der Waals surface area contributed by atoms with E-state index in [0.717, 1.165) is 31.7 Å². The summed E-state index contributed by atoms with van der Waals surface area (Å²) in [5, 5.41) is 3.75. The first-order valence-electron chi connectivity index (χ1n) is 8.44. The fraction of sp³-hybridized carbons (Fsp3) is 1.00. The summed E-state index contributed by atoms with van der Waals surface area (Å²) in [5.41, 5.74) is 0. The molecule has 0 amide bonds. The highest BCUT2D eigenvalue weighted by Crippen LogP contribution is 2.27. The Balaban J connectivity index is 1.81. The van der Waals surface area contributed by atoms with Crippen molar-refractivity contribution in [1.82, 2.24) is 10.2 Å². The molecule has 112 valence electrons. The van der Waals surface area contributed by atoms with Crippen molar-refractivity contribution in [3.05, 3.63) is 0 Å². The van der Waals surface area contributed by atoms with Crippen LogP contribution in [-0.4, -0.2) is 49.3 Å². The van der Waals surface area contributed by atoms with Gasteiger partial charge in [-0.25, -0.2) is 0 Å². The van der Waals surface area contributed by atoms with Crippen molar-refractivity contribution >= 4 is 0 Å². The third-order valence-electron chi connectivity index (χ3n) is 4.57. The number of nitrogens with zero attached hydrogens (tertiary/aromatic N) is 1. The zero-order valence-corrected chi connectivity index (χ0v) is 12.9. The predicted octanol–water partition coefficient (Wildman–Crippen LogP) is 2.80. The van der Waals surface area contributed by atoms with Gasteiger partial charge in [0.05, 0.1) is 6.10 Å². The summed E-state index contributed by atoms with van der Waals surface area (Å²) in [6.07, 6.45) is 9.57. The molecule has 1 aliphatic carbocycles. The van der Waals surface area contributed by atoms with Crippen LogP contribution in [0.25, 0.3) is 0 Å². The smallest absolute Gasteiger partial charge is 0.0702 e. The molecule has 3 atom stereocenters. The fourth-order valence-corrected chi connectivity index (χ4v) is 3.63. The molecule has 2 fully saturated rings. The molecule has 0 bridgehead atoms. The van der Waals surface area contributed by atoms with Crippen LogP contribution in [0.5, 0.6) is 0 Å². The first kappa shape index (κ1) is 15.3. The zero-order valence-electron chi connectivity index (χ0n) is 12.9. The molecule has 0 aromatic rings. The Kier molecular flexibility index (Phi) is 6.62. The monoisotopic (exact) mass is 268 g/mol. The van der Waals surface area contributed by atoms with Crippen LogP contribution in [0, 0.1) is 0 Å². The Morgan fingerprint density at radius 3 is 2.79 bits per heavy atom. The summed E-state index contributed by atoms with van der Waals surface area (Å²) in [4.78, 5) is 2.71. The molecule has 2 aliphatic rings. The number of nitrogens with one attached hydrogen (secondary N) is 1. The van der Waals surface area contributed by atoms with Gasteiger partial charge in [-0.2, -0.15) is 0 Å². The van der Waals surface area contributed by atoms with Gasteiger partial charge < -0.3 is 10.1 Å². The normalized spacial score (nSPS) is 32.8. The van der Waals surface area contributed by atoms with Gasteiger partial charge in [-0.3, -0.25) is 4.90 Å². The Bertz CT molecular complexity index is 247. The van der Waals surface area contributed by atoms with E-state index < -0.39 is 0 Å². The van der Waals surface area contributed by atoms with Gasteiger partial charge in [0, 0.05) is 25.2 Å². The molecule has 3 nitrogen and oxygen atoms in total. The van der Waals surface area contributed by atoms with Crippen LogP contribution in [0.4, 0.5) is 0 Å². The van der Waals surface area contributed by atoms with Gasteiger partial charge >= 0.3 is 0 Å². The molecular formula is C16H32N2O. The number of likely N-dealkylation sites (tertiary alicyclic amines) is 1. The highest BCUT2D eigenvalue weighted by Gasteiger charge is 2.34. The van der Waals surface area contributed by atoms with E-state index in [0.29, 0.717) is 6.10 Å². The lowest BCUT2D eigenvalue weighted by Gasteiger charge is -2.39. The van der Waals surface area contributed by atoms with Crippen LogP contribution in [-0.2, 0) is 4.74 Å². The SMILES string of the molecule is CCCNC1CCCC1N1CCCC(OCCC)C1. The number of rotatable bonds is 7. The molecule has 0 aromatic heterocycles. The number of ether oxygens (including phenoxy) is 1. The van der Waals surface area contributed by atoms with E-state index in [1.807, 2.05) is 0 Å². The van der Waals surface area contributed by atoms with Crippen LogP contribution < -0.4 is 5.32 Å². The molecule has 2 rings (SSSR count). The Morgan fingerprint density at radius 1 is 1.11 bits per heavy atom. The molecule has 0 aromatic carbocycles. The Morgan fingerprint density at radius 2 is 2.00 bits per heavy atom. The van der Waals surface area contributed by atoms with Crippen LogP contribution in [0.1, 0.15) is 58.8 Å². The number of piperidine rings is 1. The van der Waals surface area contributed by atoms with E-state index in [9.17, 15) is 0 Å². The van der Waals surface area contributed by atoms with Gasteiger partial charge in [-0.05, 0) is 51.6 Å². The first-order valence-corrected chi connectivity index (χ1v) is 8.44. The van der Waals surface area contributed by atoms with Crippen LogP contribution in [0.3, 0.4) is 0 Å². The van der Waals surface area contributed by atoms with Crippen molar-refractivity contribution in [2.24, 2.45) is 0 Å². The van der Waals surface area contributed by atoms with Crippen molar-refractivity contribution in [2.75, 3.05) is 26.2 Å². The third-order valence-corrected chi connectivity index (χ3v) is 4.57. The topological polar surface area (TPSA) is 24.5 Å². The van der Waals surface area contributed by atoms with Crippen molar-refractivity contribution in [1.29, 1.82) is 0 Å². The third kappa shape index (κ3) is 4.44.